The van der Waals surface area contributed by atoms with Crippen molar-refractivity contribution in [2.24, 2.45) is 0 Å². The minimum absolute atomic E-state index is 0.0138. The van der Waals surface area contributed by atoms with Gasteiger partial charge in [-0.25, -0.2) is 4.79 Å². The lowest BCUT2D eigenvalue weighted by atomic mass is 10.3. The Hall–Kier alpha value is -2.15. The van der Waals surface area contributed by atoms with Gasteiger partial charge in [-0.05, 0) is 25.0 Å². The van der Waals surface area contributed by atoms with Gasteiger partial charge in [-0.15, -0.1) is 0 Å². The summed E-state index contributed by atoms with van der Waals surface area (Å²) >= 11 is 0. The zero-order valence-corrected chi connectivity index (χ0v) is 9.59. The molecule has 0 spiro atoms. The number of ether oxygens (including phenoxy) is 1. The summed E-state index contributed by atoms with van der Waals surface area (Å²) in [5.74, 6) is 0. The van der Waals surface area contributed by atoms with Crippen LogP contribution in [0.1, 0.15) is 12.8 Å². The number of urea groups is 1. The molecule has 0 aromatic heterocycles. The van der Waals surface area contributed by atoms with Gasteiger partial charge in [-0.3, -0.25) is 10.1 Å². The van der Waals surface area contributed by atoms with Gasteiger partial charge in [0.1, 0.15) is 6.23 Å². The van der Waals surface area contributed by atoms with Gasteiger partial charge in [-0.1, -0.05) is 0 Å². The summed E-state index contributed by atoms with van der Waals surface area (Å²) in [4.78, 5) is 21.5. The Morgan fingerprint density at radius 1 is 1.39 bits per heavy atom. The van der Waals surface area contributed by atoms with Crippen molar-refractivity contribution in [3.05, 3.63) is 34.4 Å². The lowest BCUT2D eigenvalue weighted by Gasteiger charge is -2.12. The number of amides is 2. The summed E-state index contributed by atoms with van der Waals surface area (Å²) in [5, 5.41) is 15.7. The number of benzene rings is 1. The molecule has 0 radical (unpaired) electrons. The second kappa shape index (κ2) is 5.46. The molecular formula is C11H13N3O4. The van der Waals surface area contributed by atoms with Crippen LogP contribution < -0.4 is 10.6 Å². The number of hydrogen-bond donors (Lipinski definition) is 2. The molecule has 1 aliphatic heterocycles. The second-order valence-electron chi connectivity index (χ2n) is 3.90. The Balaban J connectivity index is 1.88. The van der Waals surface area contributed by atoms with E-state index in [0.29, 0.717) is 12.3 Å². The molecule has 18 heavy (non-hydrogen) atoms. The molecular weight excluding hydrogens is 238 g/mol. The number of non-ortho nitro benzene ring substituents is 1. The summed E-state index contributed by atoms with van der Waals surface area (Å²) in [6.45, 7) is 0.655. The highest BCUT2D eigenvalue weighted by atomic mass is 16.6. The standard InChI is InChI=1S/C11H13N3O4/c15-11(13-10-2-1-7-18-10)12-8-3-5-9(6-4-8)14(16)17/h3-6,10H,1-2,7H2,(H2,12,13,15). The monoisotopic (exact) mass is 251 g/mol. The van der Waals surface area contributed by atoms with E-state index < -0.39 is 4.92 Å². The molecule has 1 aliphatic rings. The SMILES string of the molecule is O=C(Nc1ccc([N+](=O)[O-])cc1)NC1CCCO1. The van der Waals surface area contributed by atoms with Crippen LogP contribution in [0.3, 0.4) is 0 Å². The first-order chi connectivity index (χ1) is 8.65. The van der Waals surface area contributed by atoms with Gasteiger partial charge >= 0.3 is 6.03 Å². The number of anilines is 1. The number of nitro benzene ring substituents is 1. The molecule has 7 nitrogen and oxygen atoms in total. The highest BCUT2D eigenvalue weighted by molar-refractivity contribution is 5.89. The number of nitro groups is 1. The van der Waals surface area contributed by atoms with E-state index in [1.807, 2.05) is 0 Å². The van der Waals surface area contributed by atoms with Crippen molar-refractivity contribution in [1.29, 1.82) is 0 Å². The molecule has 1 atom stereocenters. The van der Waals surface area contributed by atoms with Crippen LogP contribution in [0, 0.1) is 10.1 Å². The molecule has 2 N–H and O–H groups in total. The summed E-state index contributed by atoms with van der Waals surface area (Å²) in [7, 11) is 0. The molecule has 0 aliphatic carbocycles. The van der Waals surface area contributed by atoms with Crippen LogP contribution in [-0.2, 0) is 4.74 Å². The molecule has 2 rings (SSSR count). The van der Waals surface area contributed by atoms with E-state index >= 15 is 0 Å². The Bertz CT molecular complexity index is 440. The van der Waals surface area contributed by atoms with Crippen molar-refractivity contribution >= 4 is 17.4 Å². The van der Waals surface area contributed by atoms with Gasteiger partial charge in [0.25, 0.3) is 5.69 Å². The average Bonchev–Trinajstić information content (AvgIpc) is 2.82. The lowest BCUT2D eigenvalue weighted by molar-refractivity contribution is -0.384. The molecule has 1 aromatic carbocycles. The van der Waals surface area contributed by atoms with E-state index in [1.165, 1.54) is 24.3 Å². The van der Waals surface area contributed by atoms with Gasteiger partial charge in [0.2, 0.25) is 0 Å². The quantitative estimate of drug-likeness (QED) is 0.633. The molecule has 1 fully saturated rings. The maximum atomic E-state index is 11.6. The van der Waals surface area contributed by atoms with E-state index in [4.69, 9.17) is 4.74 Å². The van der Waals surface area contributed by atoms with Crippen molar-refractivity contribution in [2.45, 2.75) is 19.1 Å². The highest BCUT2D eigenvalue weighted by Crippen LogP contribution is 2.15. The first-order valence-corrected chi connectivity index (χ1v) is 5.59. The van der Waals surface area contributed by atoms with Crippen molar-refractivity contribution < 1.29 is 14.5 Å². The predicted octanol–water partition coefficient (Wildman–Crippen LogP) is 1.85. The molecule has 1 saturated heterocycles. The number of rotatable bonds is 3. The van der Waals surface area contributed by atoms with Crippen LogP contribution in [0.2, 0.25) is 0 Å². The first-order valence-electron chi connectivity index (χ1n) is 5.59. The zero-order chi connectivity index (χ0) is 13.0. The predicted molar refractivity (Wildman–Crippen MR) is 64.2 cm³/mol. The van der Waals surface area contributed by atoms with Gasteiger partial charge in [-0.2, -0.15) is 0 Å². The highest BCUT2D eigenvalue weighted by Gasteiger charge is 2.17. The van der Waals surface area contributed by atoms with Crippen molar-refractivity contribution in [3.8, 4) is 0 Å². The average molecular weight is 251 g/mol. The number of hydrogen-bond acceptors (Lipinski definition) is 4. The molecule has 2 amide bonds. The molecule has 0 saturated carbocycles. The van der Waals surface area contributed by atoms with Crippen molar-refractivity contribution in [3.63, 3.8) is 0 Å². The molecule has 1 heterocycles. The Kier molecular flexibility index (Phi) is 3.73. The Morgan fingerprint density at radius 3 is 2.67 bits per heavy atom. The van der Waals surface area contributed by atoms with Crippen LogP contribution in [0.15, 0.2) is 24.3 Å². The van der Waals surface area contributed by atoms with Gasteiger partial charge in [0.05, 0.1) is 4.92 Å². The third-order valence-corrected chi connectivity index (χ3v) is 2.56. The fourth-order valence-corrected chi connectivity index (χ4v) is 1.67. The minimum atomic E-state index is -0.490. The molecule has 96 valence electrons. The summed E-state index contributed by atoms with van der Waals surface area (Å²) in [5.41, 5.74) is 0.483. The third kappa shape index (κ3) is 3.17. The first kappa shape index (κ1) is 12.3. The maximum Gasteiger partial charge on any atom is 0.321 e. The van der Waals surface area contributed by atoms with E-state index in [1.54, 1.807) is 0 Å². The fourth-order valence-electron chi connectivity index (χ4n) is 1.67. The smallest absolute Gasteiger partial charge is 0.321 e. The van der Waals surface area contributed by atoms with Crippen LogP contribution in [0.5, 0.6) is 0 Å². The van der Waals surface area contributed by atoms with E-state index in [2.05, 4.69) is 10.6 Å². The van der Waals surface area contributed by atoms with Crippen LogP contribution in [-0.4, -0.2) is 23.8 Å². The molecule has 1 unspecified atom stereocenters. The lowest BCUT2D eigenvalue weighted by Crippen LogP contribution is -2.37. The van der Waals surface area contributed by atoms with Crippen LogP contribution in [0.25, 0.3) is 0 Å². The maximum absolute atomic E-state index is 11.6. The van der Waals surface area contributed by atoms with Gasteiger partial charge in [0.15, 0.2) is 0 Å². The number of carbonyl (C=O) groups excluding carboxylic acids is 1. The zero-order valence-electron chi connectivity index (χ0n) is 9.59. The Labute approximate surface area is 103 Å². The topological polar surface area (TPSA) is 93.5 Å². The third-order valence-electron chi connectivity index (χ3n) is 2.56. The minimum Gasteiger partial charge on any atom is -0.358 e. The molecule has 7 heteroatoms. The van der Waals surface area contributed by atoms with E-state index in [-0.39, 0.29) is 17.9 Å². The van der Waals surface area contributed by atoms with Crippen LogP contribution >= 0.6 is 0 Å². The number of carbonyl (C=O) groups is 1. The van der Waals surface area contributed by atoms with E-state index in [9.17, 15) is 14.9 Å². The summed E-state index contributed by atoms with van der Waals surface area (Å²) < 4.78 is 5.25. The van der Waals surface area contributed by atoms with Gasteiger partial charge in [0, 0.05) is 24.4 Å². The molecule has 0 bridgehead atoms. The second-order valence-corrected chi connectivity index (χ2v) is 3.90. The van der Waals surface area contributed by atoms with E-state index in [0.717, 1.165) is 12.8 Å². The number of nitrogens with one attached hydrogen (secondary N) is 2. The summed E-state index contributed by atoms with van der Waals surface area (Å²) in [6, 6.07) is 5.25. The van der Waals surface area contributed by atoms with Crippen molar-refractivity contribution in [2.75, 3.05) is 11.9 Å². The largest absolute Gasteiger partial charge is 0.358 e. The molecule has 1 aromatic rings. The summed E-state index contributed by atoms with van der Waals surface area (Å²) in [6.07, 6.45) is 1.49. The normalized spacial score (nSPS) is 18.3. The van der Waals surface area contributed by atoms with Gasteiger partial charge < -0.3 is 15.4 Å². The number of nitrogens with zero attached hydrogens (tertiary/aromatic N) is 1. The van der Waals surface area contributed by atoms with Crippen molar-refractivity contribution in [1.82, 2.24) is 5.32 Å². The fraction of sp³-hybridized carbons (Fsp3) is 0.364. The Morgan fingerprint density at radius 2 is 2.11 bits per heavy atom. The van der Waals surface area contributed by atoms with Crippen LogP contribution in [0.4, 0.5) is 16.2 Å².